The standard InChI is InChI=1S/C44H80O6/c1-4-7-10-13-16-19-21-22-23-24-26-28-31-34-37-43(46)49-40-41(39-48-42(45)36-33-30-27-18-15-12-9-6-3)50-44(47)38-35-32-29-25-20-17-14-11-8-5-2/h11,14,21-22,41H,4-10,12-13,15-20,23-40H2,1-3H3/b14-11-,22-21-. The molecule has 0 heterocycles. The molecule has 0 spiro atoms. The number of esters is 3. The van der Waals surface area contributed by atoms with Gasteiger partial charge in [-0.25, -0.2) is 0 Å². The molecule has 0 saturated heterocycles. The molecule has 1 atom stereocenters. The number of hydrogen-bond acceptors (Lipinski definition) is 6. The summed E-state index contributed by atoms with van der Waals surface area (Å²) in [6.07, 6.45) is 41.6. The van der Waals surface area contributed by atoms with Crippen LogP contribution in [0, 0.1) is 0 Å². The number of allylic oxidation sites excluding steroid dienone is 4. The van der Waals surface area contributed by atoms with E-state index in [-0.39, 0.29) is 31.1 Å². The Bertz CT molecular complexity index is 819. The van der Waals surface area contributed by atoms with Crippen LogP contribution in [0.25, 0.3) is 0 Å². The lowest BCUT2D eigenvalue weighted by Gasteiger charge is -2.18. The van der Waals surface area contributed by atoms with Crippen LogP contribution in [0.2, 0.25) is 0 Å². The van der Waals surface area contributed by atoms with Crippen LogP contribution in [0.5, 0.6) is 0 Å². The molecule has 0 N–H and O–H groups in total. The van der Waals surface area contributed by atoms with Gasteiger partial charge in [0.05, 0.1) is 0 Å². The highest BCUT2D eigenvalue weighted by atomic mass is 16.6. The molecular formula is C44H80O6. The summed E-state index contributed by atoms with van der Waals surface area (Å²) < 4.78 is 16.6. The molecule has 0 rings (SSSR count). The monoisotopic (exact) mass is 705 g/mol. The maximum atomic E-state index is 12.6. The van der Waals surface area contributed by atoms with Gasteiger partial charge in [0, 0.05) is 19.3 Å². The quantitative estimate of drug-likeness (QED) is 0.0275. The predicted molar refractivity (Wildman–Crippen MR) is 210 cm³/mol. The van der Waals surface area contributed by atoms with Crippen molar-refractivity contribution in [2.24, 2.45) is 0 Å². The molecule has 0 aromatic heterocycles. The largest absolute Gasteiger partial charge is 0.462 e. The van der Waals surface area contributed by atoms with Crippen LogP contribution in [0.3, 0.4) is 0 Å². The van der Waals surface area contributed by atoms with Gasteiger partial charge in [-0.3, -0.25) is 14.4 Å². The Morgan fingerprint density at radius 2 is 0.700 bits per heavy atom. The van der Waals surface area contributed by atoms with Gasteiger partial charge in [0.15, 0.2) is 6.10 Å². The van der Waals surface area contributed by atoms with Crippen LogP contribution >= 0.6 is 0 Å². The smallest absolute Gasteiger partial charge is 0.306 e. The first-order chi connectivity index (χ1) is 24.5. The van der Waals surface area contributed by atoms with Crippen LogP contribution in [-0.4, -0.2) is 37.2 Å². The summed E-state index contributed by atoms with van der Waals surface area (Å²) in [4.78, 5) is 37.5. The third-order valence-corrected chi connectivity index (χ3v) is 9.16. The van der Waals surface area contributed by atoms with E-state index < -0.39 is 6.10 Å². The Hall–Kier alpha value is -2.11. The van der Waals surface area contributed by atoms with E-state index in [1.165, 1.54) is 96.3 Å². The molecule has 1 unspecified atom stereocenters. The van der Waals surface area contributed by atoms with E-state index in [0.717, 1.165) is 83.5 Å². The molecule has 50 heavy (non-hydrogen) atoms. The van der Waals surface area contributed by atoms with Gasteiger partial charge >= 0.3 is 17.9 Å². The number of ether oxygens (including phenoxy) is 3. The third-order valence-electron chi connectivity index (χ3n) is 9.16. The van der Waals surface area contributed by atoms with Gasteiger partial charge in [0.1, 0.15) is 13.2 Å². The molecule has 0 aliphatic heterocycles. The fourth-order valence-corrected chi connectivity index (χ4v) is 5.91. The second kappa shape index (κ2) is 39.7. The molecule has 0 aliphatic carbocycles. The Morgan fingerprint density at radius 1 is 0.380 bits per heavy atom. The Kier molecular flexibility index (Phi) is 38.0. The van der Waals surface area contributed by atoms with E-state index in [1.54, 1.807) is 0 Å². The van der Waals surface area contributed by atoms with Gasteiger partial charge in [-0.05, 0) is 64.2 Å². The molecule has 6 nitrogen and oxygen atoms in total. The molecule has 0 radical (unpaired) electrons. The van der Waals surface area contributed by atoms with Gasteiger partial charge < -0.3 is 14.2 Å². The first kappa shape index (κ1) is 47.9. The molecule has 6 heteroatoms. The fraction of sp³-hybridized carbons (Fsp3) is 0.841. The zero-order chi connectivity index (χ0) is 36.6. The molecular weight excluding hydrogens is 624 g/mol. The maximum Gasteiger partial charge on any atom is 0.306 e. The highest BCUT2D eigenvalue weighted by Crippen LogP contribution is 2.13. The summed E-state index contributed by atoms with van der Waals surface area (Å²) in [6, 6.07) is 0. The lowest BCUT2D eigenvalue weighted by Crippen LogP contribution is -2.30. The van der Waals surface area contributed by atoms with Crippen molar-refractivity contribution in [3.8, 4) is 0 Å². The van der Waals surface area contributed by atoms with Gasteiger partial charge in [-0.2, -0.15) is 0 Å². The number of hydrogen-bond donors (Lipinski definition) is 0. The number of carbonyl (C=O) groups is 3. The summed E-state index contributed by atoms with van der Waals surface area (Å²) in [7, 11) is 0. The lowest BCUT2D eigenvalue weighted by molar-refractivity contribution is -0.167. The molecule has 0 amide bonds. The SMILES string of the molecule is CCC/C=C\CCCCCCCC(=O)OC(COC(=O)CCCCCCC/C=C\CCCCCCC)COC(=O)CCCCCCCCCC. The second-order valence-electron chi connectivity index (χ2n) is 14.3. The van der Waals surface area contributed by atoms with Crippen molar-refractivity contribution in [3.63, 3.8) is 0 Å². The first-order valence-corrected chi connectivity index (χ1v) is 21.3. The lowest BCUT2D eigenvalue weighted by atomic mass is 10.1. The average Bonchev–Trinajstić information content (AvgIpc) is 3.11. The van der Waals surface area contributed by atoms with Crippen molar-refractivity contribution in [2.45, 2.75) is 226 Å². The number of rotatable bonds is 38. The topological polar surface area (TPSA) is 78.9 Å². The van der Waals surface area contributed by atoms with E-state index in [1.807, 2.05) is 0 Å². The summed E-state index contributed by atoms with van der Waals surface area (Å²) >= 11 is 0. The van der Waals surface area contributed by atoms with Crippen LogP contribution in [0.1, 0.15) is 220 Å². The highest BCUT2D eigenvalue weighted by molar-refractivity contribution is 5.71. The van der Waals surface area contributed by atoms with Crippen molar-refractivity contribution < 1.29 is 28.6 Å². The zero-order valence-corrected chi connectivity index (χ0v) is 33.2. The molecule has 0 saturated carbocycles. The van der Waals surface area contributed by atoms with Gasteiger partial charge in [0.25, 0.3) is 0 Å². The van der Waals surface area contributed by atoms with Crippen LogP contribution < -0.4 is 0 Å². The Morgan fingerprint density at radius 3 is 1.08 bits per heavy atom. The maximum absolute atomic E-state index is 12.6. The second-order valence-corrected chi connectivity index (χ2v) is 14.3. The van der Waals surface area contributed by atoms with E-state index in [9.17, 15) is 14.4 Å². The van der Waals surface area contributed by atoms with E-state index in [2.05, 4.69) is 45.1 Å². The molecule has 0 aromatic carbocycles. The number of unbranched alkanes of at least 4 members (excludes halogenated alkanes) is 23. The fourth-order valence-electron chi connectivity index (χ4n) is 5.91. The Labute approximate surface area is 309 Å². The van der Waals surface area contributed by atoms with E-state index in [4.69, 9.17) is 14.2 Å². The summed E-state index contributed by atoms with van der Waals surface area (Å²) in [6.45, 7) is 6.51. The van der Waals surface area contributed by atoms with Crippen molar-refractivity contribution in [2.75, 3.05) is 13.2 Å². The highest BCUT2D eigenvalue weighted by Gasteiger charge is 2.19. The molecule has 0 fully saturated rings. The van der Waals surface area contributed by atoms with Gasteiger partial charge in [0.2, 0.25) is 0 Å². The first-order valence-electron chi connectivity index (χ1n) is 21.3. The zero-order valence-electron chi connectivity index (χ0n) is 33.2. The number of carbonyl (C=O) groups excluding carboxylic acids is 3. The normalized spacial score (nSPS) is 12.1. The van der Waals surface area contributed by atoms with Crippen molar-refractivity contribution in [1.29, 1.82) is 0 Å². The van der Waals surface area contributed by atoms with E-state index >= 15 is 0 Å². The van der Waals surface area contributed by atoms with Crippen molar-refractivity contribution in [1.82, 2.24) is 0 Å². The third kappa shape index (κ3) is 37.2. The Balaban J connectivity index is 4.34. The minimum Gasteiger partial charge on any atom is -0.462 e. The molecule has 0 bridgehead atoms. The minimum absolute atomic E-state index is 0.0757. The van der Waals surface area contributed by atoms with Gasteiger partial charge in [-0.1, -0.05) is 161 Å². The van der Waals surface area contributed by atoms with Crippen LogP contribution in [-0.2, 0) is 28.6 Å². The molecule has 292 valence electrons. The average molecular weight is 705 g/mol. The van der Waals surface area contributed by atoms with Crippen molar-refractivity contribution in [3.05, 3.63) is 24.3 Å². The van der Waals surface area contributed by atoms with Gasteiger partial charge in [-0.15, -0.1) is 0 Å². The van der Waals surface area contributed by atoms with E-state index in [0.29, 0.717) is 19.3 Å². The molecule has 0 aromatic rings. The van der Waals surface area contributed by atoms with Crippen molar-refractivity contribution >= 4 is 17.9 Å². The predicted octanol–water partition coefficient (Wildman–Crippen LogP) is 13.2. The van der Waals surface area contributed by atoms with Crippen LogP contribution in [0.15, 0.2) is 24.3 Å². The summed E-state index contributed by atoms with van der Waals surface area (Å²) in [5, 5.41) is 0. The summed E-state index contributed by atoms with van der Waals surface area (Å²) in [5.41, 5.74) is 0. The van der Waals surface area contributed by atoms with Crippen LogP contribution in [0.4, 0.5) is 0 Å². The minimum atomic E-state index is -0.770. The summed E-state index contributed by atoms with van der Waals surface area (Å²) in [5.74, 6) is -0.900. The molecule has 0 aliphatic rings.